The molecule has 5 heteroatoms. The summed E-state index contributed by atoms with van der Waals surface area (Å²) in [5.74, 6) is 1.48. The van der Waals surface area contributed by atoms with Gasteiger partial charge in [-0.15, -0.1) is 0 Å². The van der Waals surface area contributed by atoms with Gasteiger partial charge >= 0.3 is 0 Å². The van der Waals surface area contributed by atoms with E-state index in [4.69, 9.17) is 4.52 Å². The van der Waals surface area contributed by atoms with E-state index in [0.29, 0.717) is 12.4 Å². The summed E-state index contributed by atoms with van der Waals surface area (Å²) in [6, 6.07) is 2.04. The van der Waals surface area contributed by atoms with Gasteiger partial charge in [-0.05, 0) is 37.6 Å². The van der Waals surface area contributed by atoms with Crippen LogP contribution in [0.25, 0.3) is 0 Å². The molecule has 0 radical (unpaired) electrons. The highest BCUT2D eigenvalue weighted by molar-refractivity contribution is 5.21. The smallest absolute Gasteiger partial charge is 0.240 e. The third-order valence-corrected chi connectivity index (χ3v) is 2.97. The molecule has 0 saturated carbocycles. The fourth-order valence-electron chi connectivity index (χ4n) is 1.94. The third-order valence-electron chi connectivity index (χ3n) is 2.97. The molecule has 0 atom stereocenters. The number of rotatable bonds is 6. The molecule has 0 aromatic carbocycles. The Balaban J connectivity index is 1.93. The topological polar surface area (TPSA) is 55.1 Å². The zero-order valence-electron chi connectivity index (χ0n) is 11.8. The summed E-state index contributed by atoms with van der Waals surface area (Å²) in [5, 5.41) is 3.96. The molecular formula is C14H20N4O. The first-order chi connectivity index (χ1) is 9.19. The molecule has 0 bridgehead atoms. The van der Waals surface area contributed by atoms with Crippen molar-refractivity contribution in [2.24, 2.45) is 0 Å². The van der Waals surface area contributed by atoms with Crippen molar-refractivity contribution in [1.29, 1.82) is 0 Å². The molecule has 0 aliphatic heterocycles. The summed E-state index contributed by atoms with van der Waals surface area (Å²) in [4.78, 5) is 10.6. The van der Waals surface area contributed by atoms with E-state index in [1.165, 1.54) is 11.1 Å². The van der Waals surface area contributed by atoms with Crippen LogP contribution in [-0.2, 0) is 19.5 Å². The second kappa shape index (κ2) is 6.43. The number of hydrogen-bond acceptors (Lipinski definition) is 5. The van der Waals surface area contributed by atoms with E-state index in [1.54, 1.807) is 0 Å². The first kappa shape index (κ1) is 13.7. The van der Waals surface area contributed by atoms with Gasteiger partial charge in [0, 0.05) is 25.4 Å². The molecule has 0 fully saturated rings. The largest absolute Gasteiger partial charge is 0.338 e. The van der Waals surface area contributed by atoms with Crippen molar-refractivity contribution in [3.63, 3.8) is 0 Å². The van der Waals surface area contributed by atoms with Crippen LogP contribution < -0.4 is 0 Å². The molecule has 19 heavy (non-hydrogen) atoms. The Morgan fingerprint density at radius 3 is 2.89 bits per heavy atom. The zero-order chi connectivity index (χ0) is 13.7. The minimum Gasteiger partial charge on any atom is -0.338 e. The van der Waals surface area contributed by atoms with E-state index < -0.39 is 0 Å². The van der Waals surface area contributed by atoms with Gasteiger partial charge in [-0.3, -0.25) is 9.88 Å². The lowest BCUT2D eigenvalue weighted by Gasteiger charge is -2.15. The lowest BCUT2D eigenvalue weighted by atomic mass is 10.1. The van der Waals surface area contributed by atoms with Crippen LogP contribution in [0.15, 0.2) is 23.0 Å². The molecule has 2 heterocycles. The Morgan fingerprint density at radius 2 is 2.16 bits per heavy atom. The van der Waals surface area contributed by atoms with Gasteiger partial charge in [0.2, 0.25) is 5.89 Å². The summed E-state index contributed by atoms with van der Waals surface area (Å²) < 4.78 is 5.24. The number of hydrogen-bond donors (Lipinski definition) is 0. The standard InChI is InChI=1S/C14H20N4O/c1-4-5-13-16-14(19-17-13)10-18(3)9-12-6-7-15-8-11(12)2/h6-8H,4-5,9-10H2,1-3H3. The van der Waals surface area contributed by atoms with Crippen molar-refractivity contribution in [1.82, 2.24) is 20.0 Å². The van der Waals surface area contributed by atoms with E-state index in [-0.39, 0.29) is 0 Å². The van der Waals surface area contributed by atoms with Crippen molar-refractivity contribution < 1.29 is 4.52 Å². The van der Waals surface area contributed by atoms with Crippen LogP contribution in [-0.4, -0.2) is 27.1 Å². The zero-order valence-corrected chi connectivity index (χ0v) is 11.8. The molecule has 0 amide bonds. The maximum atomic E-state index is 5.24. The van der Waals surface area contributed by atoms with Gasteiger partial charge in [0.05, 0.1) is 6.54 Å². The van der Waals surface area contributed by atoms with Gasteiger partial charge < -0.3 is 4.52 Å². The highest BCUT2D eigenvalue weighted by Gasteiger charge is 2.09. The van der Waals surface area contributed by atoms with E-state index in [0.717, 1.165) is 25.2 Å². The second-order valence-electron chi connectivity index (χ2n) is 4.83. The number of aromatic nitrogens is 3. The molecule has 2 aromatic rings. The second-order valence-corrected chi connectivity index (χ2v) is 4.83. The Morgan fingerprint density at radius 1 is 1.32 bits per heavy atom. The van der Waals surface area contributed by atoms with Crippen LogP contribution in [0.4, 0.5) is 0 Å². The molecule has 0 saturated heterocycles. The summed E-state index contributed by atoms with van der Waals surface area (Å²) >= 11 is 0. The summed E-state index contributed by atoms with van der Waals surface area (Å²) in [7, 11) is 2.05. The van der Waals surface area contributed by atoms with Gasteiger partial charge in [-0.2, -0.15) is 4.98 Å². The normalized spacial score (nSPS) is 11.2. The van der Waals surface area contributed by atoms with Crippen LogP contribution >= 0.6 is 0 Å². The van der Waals surface area contributed by atoms with Gasteiger partial charge in [0.15, 0.2) is 5.82 Å². The minimum absolute atomic E-state index is 0.665. The van der Waals surface area contributed by atoms with Crippen LogP contribution in [0.3, 0.4) is 0 Å². The molecule has 2 aromatic heterocycles. The first-order valence-electron chi connectivity index (χ1n) is 6.58. The van der Waals surface area contributed by atoms with Crippen molar-refractivity contribution >= 4 is 0 Å². The molecule has 5 nitrogen and oxygen atoms in total. The molecule has 0 unspecified atom stereocenters. The van der Waals surface area contributed by atoms with Gasteiger partial charge in [0.25, 0.3) is 0 Å². The van der Waals surface area contributed by atoms with Crippen molar-refractivity contribution in [3.05, 3.63) is 41.3 Å². The minimum atomic E-state index is 0.665. The molecule has 102 valence electrons. The Labute approximate surface area is 113 Å². The molecule has 0 aliphatic rings. The molecular weight excluding hydrogens is 240 g/mol. The lowest BCUT2D eigenvalue weighted by molar-refractivity contribution is 0.260. The van der Waals surface area contributed by atoms with Crippen LogP contribution in [0, 0.1) is 6.92 Å². The summed E-state index contributed by atoms with van der Waals surface area (Å²) in [5.41, 5.74) is 2.47. The lowest BCUT2D eigenvalue weighted by Crippen LogP contribution is -2.18. The highest BCUT2D eigenvalue weighted by Crippen LogP contribution is 2.10. The van der Waals surface area contributed by atoms with Crippen molar-refractivity contribution in [2.75, 3.05) is 7.05 Å². The summed E-state index contributed by atoms with van der Waals surface area (Å²) in [6.45, 7) is 5.69. The van der Waals surface area contributed by atoms with E-state index in [9.17, 15) is 0 Å². The van der Waals surface area contributed by atoms with Crippen molar-refractivity contribution in [3.8, 4) is 0 Å². The van der Waals surface area contributed by atoms with E-state index >= 15 is 0 Å². The first-order valence-corrected chi connectivity index (χ1v) is 6.58. The van der Waals surface area contributed by atoms with E-state index in [2.05, 4.69) is 33.9 Å². The Bertz CT molecular complexity index is 524. The fraction of sp³-hybridized carbons (Fsp3) is 0.500. The monoisotopic (exact) mass is 260 g/mol. The SMILES string of the molecule is CCCc1noc(CN(C)Cc2ccncc2C)n1. The third kappa shape index (κ3) is 3.86. The molecule has 0 N–H and O–H groups in total. The maximum absolute atomic E-state index is 5.24. The molecule has 0 spiro atoms. The predicted octanol–water partition coefficient (Wildman–Crippen LogP) is 2.36. The van der Waals surface area contributed by atoms with Crippen LogP contribution in [0.1, 0.15) is 36.2 Å². The van der Waals surface area contributed by atoms with Gasteiger partial charge in [0.1, 0.15) is 0 Å². The number of nitrogens with zero attached hydrogens (tertiary/aromatic N) is 4. The fourth-order valence-corrected chi connectivity index (χ4v) is 1.94. The molecule has 0 aliphatic carbocycles. The maximum Gasteiger partial charge on any atom is 0.240 e. The number of pyridine rings is 1. The predicted molar refractivity (Wildman–Crippen MR) is 72.4 cm³/mol. The van der Waals surface area contributed by atoms with E-state index in [1.807, 2.05) is 25.5 Å². The number of aryl methyl sites for hydroxylation is 2. The Kier molecular flexibility index (Phi) is 4.63. The summed E-state index contributed by atoms with van der Waals surface area (Å²) in [6.07, 6.45) is 5.61. The Hall–Kier alpha value is -1.75. The van der Waals surface area contributed by atoms with Gasteiger partial charge in [-0.25, -0.2) is 0 Å². The molecule has 2 rings (SSSR count). The van der Waals surface area contributed by atoms with Crippen LogP contribution in [0.2, 0.25) is 0 Å². The highest BCUT2D eigenvalue weighted by atomic mass is 16.5. The quantitative estimate of drug-likeness (QED) is 0.798. The average Bonchev–Trinajstić information content (AvgIpc) is 2.80. The van der Waals surface area contributed by atoms with Gasteiger partial charge in [-0.1, -0.05) is 12.1 Å². The average molecular weight is 260 g/mol. The van der Waals surface area contributed by atoms with Crippen molar-refractivity contribution in [2.45, 2.75) is 39.8 Å². The van der Waals surface area contributed by atoms with Crippen LogP contribution in [0.5, 0.6) is 0 Å².